The molecule has 0 saturated carbocycles. The van der Waals surface area contributed by atoms with E-state index in [4.69, 9.17) is 5.73 Å². The number of hydrogen-bond acceptors (Lipinski definition) is 3. The van der Waals surface area contributed by atoms with Gasteiger partial charge in [-0.2, -0.15) is 4.31 Å². The molecule has 0 unspecified atom stereocenters. The van der Waals surface area contributed by atoms with E-state index in [0.717, 1.165) is 19.3 Å². The van der Waals surface area contributed by atoms with Crippen molar-refractivity contribution in [3.05, 3.63) is 21.1 Å². The van der Waals surface area contributed by atoms with Crippen LogP contribution in [0.2, 0.25) is 0 Å². The van der Waals surface area contributed by atoms with E-state index in [1.165, 1.54) is 0 Å². The molecule has 1 aromatic carbocycles. The average Bonchev–Trinajstić information content (AvgIpc) is 2.35. The highest BCUT2D eigenvalue weighted by Gasteiger charge is 2.31. The Kier molecular flexibility index (Phi) is 4.59. The van der Waals surface area contributed by atoms with Crippen LogP contribution in [0.1, 0.15) is 26.2 Å². The molecular weight excluding hydrogens is 396 g/mol. The maximum absolute atomic E-state index is 12.7. The monoisotopic (exact) mass is 410 g/mol. The van der Waals surface area contributed by atoms with Crippen molar-refractivity contribution in [2.45, 2.75) is 37.1 Å². The Labute approximate surface area is 130 Å². The highest BCUT2D eigenvalue weighted by Crippen LogP contribution is 2.33. The third kappa shape index (κ3) is 2.99. The lowest BCUT2D eigenvalue weighted by molar-refractivity contribution is 0.268. The zero-order valence-corrected chi connectivity index (χ0v) is 14.6. The molecule has 19 heavy (non-hydrogen) atoms. The summed E-state index contributed by atoms with van der Waals surface area (Å²) in [6.07, 6.45) is 2.92. The zero-order chi connectivity index (χ0) is 14.2. The molecular formula is C12H16Br2N2O2S. The van der Waals surface area contributed by atoms with Gasteiger partial charge in [0.1, 0.15) is 0 Å². The number of benzene rings is 1. The Bertz CT molecular complexity index is 566. The number of anilines is 1. The summed E-state index contributed by atoms with van der Waals surface area (Å²) in [6.45, 7) is 2.54. The van der Waals surface area contributed by atoms with Gasteiger partial charge in [0.15, 0.2) is 0 Å². The fourth-order valence-corrected chi connectivity index (χ4v) is 5.52. The molecule has 0 bridgehead atoms. The molecule has 0 spiro atoms. The number of rotatable bonds is 2. The van der Waals surface area contributed by atoms with Crippen LogP contribution in [-0.4, -0.2) is 25.3 Å². The number of nitrogens with zero attached hydrogens (tertiary/aromatic N) is 1. The summed E-state index contributed by atoms with van der Waals surface area (Å²) in [5.74, 6) is 0. The Morgan fingerprint density at radius 3 is 2.37 bits per heavy atom. The predicted molar refractivity (Wildman–Crippen MR) is 83.5 cm³/mol. The molecule has 0 aliphatic carbocycles. The minimum absolute atomic E-state index is 0.0499. The van der Waals surface area contributed by atoms with Crippen LogP contribution in [0.3, 0.4) is 0 Å². The summed E-state index contributed by atoms with van der Waals surface area (Å²) in [7, 11) is -3.46. The van der Waals surface area contributed by atoms with Crippen molar-refractivity contribution in [2.75, 3.05) is 12.3 Å². The van der Waals surface area contributed by atoms with Gasteiger partial charge < -0.3 is 5.73 Å². The lowest BCUT2D eigenvalue weighted by atomic mass is 10.1. The van der Waals surface area contributed by atoms with Crippen molar-refractivity contribution in [1.29, 1.82) is 0 Å². The predicted octanol–water partition coefficient (Wildman–Crippen LogP) is 3.36. The van der Waals surface area contributed by atoms with Crippen LogP contribution in [-0.2, 0) is 10.0 Å². The molecule has 1 aliphatic rings. The van der Waals surface area contributed by atoms with Gasteiger partial charge in [-0.05, 0) is 63.8 Å². The van der Waals surface area contributed by atoms with Crippen molar-refractivity contribution in [2.24, 2.45) is 0 Å². The lowest BCUT2D eigenvalue weighted by Gasteiger charge is -2.32. The summed E-state index contributed by atoms with van der Waals surface area (Å²) in [5, 5.41) is 0. The Morgan fingerprint density at radius 2 is 1.84 bits per heavy atom. The fraction of sp³-hybridized carbons (Fsp3) is 0.500. The summed E-state index contributed by atoms with van der Waals surface area (Å²) < 4.78 is 28.1. The first-order valence-corrected chi connectivity index (χ1v) is 9.13. The molecule has 4 nitrogen and oxygen atoms in total. The van der Waals surface area contributed by atoms with E-state index in [9.17, 15) is 8.42 Å². The maximum atomic E-state index is 12.7. The largest absolute Gasteiger partial charge is 0.397 e. The van der Waals surface area contributed by atoms with Gasteiger partial charge in [0.05, 0.1) is 10.6 Å². The van der Waals surface area contributed by atoms with Gasteiger partial charge in [-0.1, -0.05) is 6.42 Å². The number of sulfonamides is 1. The molecule has 0 radical (unpaired) electrons. The second-order valence-corrected chi connectivity index (χ2v) is 8.36. The van der Waals surface area contributed by atoms with Crippen molar-refractivity contribution in [3.8, 4) is 0 Å². The van der Waals surface area contributed by atoms with Gasteiger partial charge in [-0.25, -0.2) is 8.42 Å². The molecule has 2 rings (SSSR count). The van der Waals surface area contributed by atoms with Crippen molar-refractivity contribution < 1.29 is 8.42 Å². The molecule has 1 fully saturated rings. The molecule has 0 aromatic heterocycles. The van der Waals surface area contributed by atoms with Gasteiger partial charge in [0.2, 0.25) is 10.0 Å². The van der Waals surface area contributed by atoms with Crippen molar-refractivity contribution in [1.82, 2.24) is 4.31 Å². The van der Waals surface area contributed by atoms with E-state index in [1.807, 2.05) is 6.92 Å². The standard InChI is InChI=1S/C12H16Br2N2O2S/c1-8-4-2-3-5-16(8)19(17,18)9-6-10(13)12(15)11(14)7-9/h6-8H,2-5,15H2,1H3/t8-/m0/s1. The minimum atomic E-state index is -3.46. The zero-order valence-electron chi connectivity index (χ0n) is 10.6. The highest BCUT2D eigenvalue weighted by atomic mass is 79.9. The van der Waals surface area contributed by atoms with Gasteiger partial charge >= 0.3 is 0 Å². The molecule has 1 heterocycles. The summed E-state index contributed by atoms with van der Waals surface area (Å²) in [4.78, 5) is 0.272. The molecule has 106 valence electrons. The number of hydrogen-bond donors (Lipinski definition) is 1. The Hall–Kier alpha value is -0.110. The number of halogens is 2. The first-order chi connectivity index (χ1) is 8.84. The van der Waals surface area contributed by atoms with Crippen LogP contribution in [0.25, 0.3) is 0 Å². The third-order valence-electron chi connectivity index (χ3n) is 3.40. The average molecular weight is 412 g/mol. The van der Waals surface area contributed by atoms with Gasteiger partial charge in [-0.15, -0.1) is 0 Å². The van der Waals surface area contributed by atoms with E-state index in [0.29, 0.717) is 21.2 Å². The molecule has 7 heteroatoms. The SMILES string of the molecule is C[C@H]1CCCCN1S(=O)(=O)c1cc(Br)c(N)c(Br)c1. The van der Waals surface area contributed by atoms with Gasteiger partial charge in [0, 0.05) is 21.5 Å². The Morgan fingerprint density at radius 1 is 1.26 bits per heavy atom. The second kappa shape index (κ2) is 5.71. The molecule has 0 amide bonds. The van der Waals surface area contributed by atoms with Crippen LogP contribution in [0.5, 0.6) is 0 Å². The first-order valence-electron chi connectivity index (χ1n) is 6.10. The molecule has 1 aromatic rings. The maximum Gasteiger partial charge on any atom is 0.243 e. The number of nitrogen functional groups attached to an aromatic ring is 1. The third-order valence-corrected chi connectivity index (χ3v) is 6.70. The fourth-order valence-electron chi connectivity index (χ4n) is 2.27. The summed E-state index contributed by atoms with van der Waals surface area (Å²) in [5.41, 5.74) is 6.30. The minimum Gasteiger partial charge on any atom is -0.397 e. The smallest absolute Gasteiger partial charge is 0.243 e. The normalized spacial score (nSPS) is 21.5. The first kappa shape index (κ1) is 15.3. The topological polar surface area (TPSA) is 63.4 Å². The van der Waals surface area contributed by atoms with Crippen molar-refractivity contribution >= 4 is 47.6 Å². The molecule has 1 saturated heterocycles. The quantitative estimate of drug-likeness (QED) is 0.758. The molecule has 2 N–H and O–H groups in total. The number of piperidine rings is 1. The molecule has 1 aliphatic heterocycles. The highest BCUT2D eigenvalue weighted by molar-refractivity contribution is 9.11. The van der Waals surface area contributed by atoms with Crippen molar-refractivity contribution in [3.63, 3.8) is 0 Å². The van der Waals surface area contributed by atoms with Crippen LogP contribution < -0.4 is 5.73 Å². The van der Waals surface area contributed by atoms with E-state index < -0.39 is 10.0 Å². The summed E-state index contributed by atoms with van der Waals surface area (Å²) >= 11 is 6.58. The van der Waals surface area contributed by atoms with Gasteiger partial charge in [-0.3, -0.25) is 0 Å². The van der Waals surface area contributed by atoms with Crippen LogP contribution in [0.15, 0.2) is 26.0 Å². The van der Waals surface area contributed by atoms with Crippen LogP contribution in [0, 0.1) is 0 Å². The van der Waals surface area contributed by atoms with Crippen LogP contribution in [0.4, 0.5) is 5.69 Å². The van der Waals surface area contributed by atoms with E-state index >= 15 is 0 Å². The Balaban J connectivity index is 2.44. The van der Waals surface area contributed by atoms with E-state index in [-0.39, 0.29) is 10.9 Å². The lowest BCUT2D eigenvalue weighted by Crippen LogP contribution is -2.41. The van der Waals surface area contributed by atoms with Gasteiger partial charge in [0.25, 0.3) is 0 Å². The second-order valence-electron chi connectivity index (χ2n) is 4.76. The van der Waals surface area contributed by atoms with Crippen LogP contribution >= 0.6 is 31.9 Å². The molecule has 1 atom stereocenters. The number of nitrogens with two attached hydrogens (primary N) is 1. The summed E-state index contributed by atoms with van der Waals surface area (Å²) in [6, 6.07) is 3.18. The van der Waals surface area contributed by atoms with E-state index in [1.54, 1.807) is 16.4 Å². The van der Waals surface area contributed by atoms with E-state index in [2.05, 4.69) is 31.9 Å².